The topological polar surface area (TPSA) is 40.6 Å². The van der Waals surface area contributed by atoms with E-state index >= 15 is 0 Å². The van der Waals surface area contributed by atoms with Crippen LogP contribution < -0.4 is 0 Å². The minimum absolute atomic E-state index is 0.0874. The lowest BCUT2D eigenvalue weighted by molar-refractivity contribution is -0.137. The molecule has 0 spiro atoms. The first-order valence-electron chi connectivity index (χ1n) is 12.0. The van der Waals surface area contributed by atoms with E-state index in [2.05, 4.69) is 4.90 Å². The summed E-state index contributed by atoms with van der Waals surface area (Å²) < 4.78 is 65.0. The number of nitrogens with zero attached hydrogens (tertiary/aromatic N) is 2. The largest absolute Gasteiger partial charge is 0.416 e. The summed E-state index contributed by atoms with van der Waals surface area (Å²) >= 11 is 0. The summed E-state index contributed by atoms with van der Waals surface area (Å²) in [4.78, 5) is 2.48. The van der Waals surface area contributed by atoms with Gasteiger partial charge >= 0.3 is 6.18 Å². The highest BCUT2D eigenvalue weighted by Crippen LogP contribution is 2.34. The Kier molecular flexibility index (Phi) is 9.04. The molecule has 1 heterocycles. The minimum Gasteiger partial charge on any atom is -0.303 e. The zero-order valence-electron chi connectivity index (χ0n) is 19.1. The molecule has 1 saturated carbocycles. The maximum absolute atomic E-state index is 12.8. The lowest BCUT2D eigenvalue weighted by Gasteiger charge is -2.31. The SMILES string of the molecule is CN(CC1CCC(CCCCCN2CCCC2)CC1)S(=O)(=O)c1ccc(C(F)(F)F)cc1. The number of unbranched alkanes of at least 4 members (excludes halogenated alkanes) is 2. The van der Waals surface area contributed by atoms with Crippen molar-refractivity contribution >= 4 is 10.0 Å². The Hall–Kier alpha value is -1.12. The molecule has 182 valence electrons. The maximum Gasteiger partial charge on any atom is 0.416 e. The smallest absolute Gasteiger partial charge is 0.303 e. The second kappa shape index (κ2) is 11.3. The van der Waals surface area contributed by atoms with Gasteiger partial charge in [0.25, 0.3) is 0 Å². The van der Waals surface area contributed by atoms with Gasteiger partial charge in [-0.05, 0) is 87.8 Å². The first-order valence-corrected chi connectivity index (χ1v) is 13.5. The van der Waals surface area contributed by atoms with E-state index < -0.39 is 21.8 Å². The van der Waals surface area contributed by atoms with Crippen molar-refractivity contribution in [2.24, 2.45) is 11.8 Å². The average Bonchev–Trinajstić information content (AvgIpc) is 3.27. The van der Waals surface area contributed by atoms with Gasteiger partial charge in [0, 0.05) is 13.6 Å². The van der Waals surface area contributed by atoms with Crippen molar-refractivity contribution in [3.8, 4) is 0 Å². The van der Waals surface area contributed by atoms with Crippen molar-refractivity contribution in [3.63, 3.8) is 0 Å². The molecule has 1 saturated heterocycles. The van der Waals surface area contributed by atoms with Crippen LogP contribution >= 0.6 is 0 Å². The molecule has 0 amide bonds. The first-order chi connectivity index (χ1) is 15.2. The summed E-state index contributed by atoms with van der Waals surface area (Å²) in [5, 5.41) is 0. The number of likely N-dealkylation sites (tertiary alicyclic amines) is 1. The van der Waals surface area contributed by atoms with E-state index in [1.54, 1.807) is 0 Å². The van der Waals surface area contributed by atoms with E-state index in [0.29, 0.717) is 12.5 Å². The predicted molar refractivity (Wildman–Crippen MR) is 121 cm³/mol. The van der Waals surface area contributed by atoms with E-state index in [0.717, 1.165) is 55.9 Å². The third kappa shape index (κ3) is 7.19. The Balaban J connectivity index is 1.37. The molecule has 1 aromatic rings. The van der Waals surface area contributed by atoms with Gasteiger partial charge in [-0.25, -0.2) is 12.7 Å². The van der Waals surface area contributed by atoms with Gasteiger partial charge in [0.15, 0.2) is 0 Å². The Morgan fingerprint density at radius 2 is 1.53 bits per heavy atom. The lowest BCUT2D eigenvalue weighted by atomic mass is 9.80. The van der Waals surface area contributed by atoms with Gasteiger partial charge in [-0.1, -0.05) is 32.1 Å². The van der Waals surface area contributed by atoms with E-state index in [4.69, 9.17) is 0 Å². The van der Waals surface area contributed by atoms with E-state index in [9.17, 15) is 21.6 Å². The molecule has 32 heavy (non-hydrogen) atoms. The Morgan fingerprint density at radius 3 is 2.12 bits per heavy atom. The summed E-state index contributed by atoms with van der Waals surface area (Å²) in [6.45, 7) is 4.21. The van der Waals surface area contributed by atoms with Gasteiger partial charge in [-0.2, -0.15) is 13.2 Å². The van der Waals surface area contributed by atoms with Gasteiger partial charge in [0.1, 0.15) is 0 Å². The van der Waals surface area contributed by atoms with Crippen LogP contribution in [-0.4, -0.2) is 50.8 Å². The number of sulfonamides is 1. The highest BCUT2D eigenvalue weighted by atomic mass is 32.2. The normalized spacial score (nSPS) is 23.2. The second-order valence-corrected chi connectivity index (χ2v) is 11.6. The molecule has 2 aliphatic rings. The monoisotopic (exact) mass is 474 g/mol. The van der Waals surface area contributed by atoms with Crippen LogP contribution in [0.4, 0.5) is 13.2 Å². The van der Waals surface area contributed by atoms with Crippen LogP contribution in [0.2, 0.25) is 0 Å². The fourth-order valence-corrected chi connectivity index (χ4v) is 6.36. The van der Waals surface area contributed by atoms with Gasteiger partial charge in [0.05, 0.1) is 10.5 Å². The van der Waals surface area contributed by atoms with Crippen LogP contribution in [0.3, 0.4) is 0 Å². The number of hydrogen-bond acceptors (Lipinski definition) is 3. The quantitative estimate of drug-likeness (QED) is 0.403. The van der Waals surface area contributed by atoms with Crippen molar-refractivity contribution < 1.29 is 21.6 Å². The van der Waals surface area contributed by atoms with Crippen molar-refractivity contribution in [3.05, 3.63) is 29.8 Å². The van der Waals surface area contributed by atoms with Crippen LogP contribution in [-0.2, 0) is 16.2 Å². The van der Waals surface area contributed by atoms with Crippen LogP contribution in [0.1, 0.15) is 69.8 Å². The molecular weight excluding hydrogens is 437 g/mol. The number of benzene rings is 1. The Morgan fingerprint density at radius 1 is 0.938 bits per heavy atom. The number of halogens is 3. The van der Waals surface area contributed by atoms with Crippen molar-refractivity contribution in [1.29, 1.82) is 0 Å². The molecule has 0 unspecified atom stereocenters. The third-order valence-corrected chi connectivity index (χ3v) is 8.99. The molecule has 1 aromatic carbocycles. The molecule has 3 rings (SSSR count). The van der Waals surface area contributed by atoms with Crippen LogP contribution in [0.25, 0.3) is 0 Å². The summed E-state index contributed by atoms with van der Waals surface area (Å²) in [6, 6.07) is 3.76. The molecule has 0 N–H and O–H groups in total. The fourth-order valence-electron chi connectivity index (χ4n) is 5.11. The lowest BCUT2D eigenvalue weighted by Crippen LogP contribution is -2.33. The molecule has 0 bridgehead atoms. The molecule has 0 atom stereocenters. The molecule has 4 nitrogen and oxygen atoms in total. The number of rotatable bonds is 10. The van der Waals surface area contributed by atoms with Gasteiger partial charge in [-0.3, -0.25) is 0 Å². The molecule has 0 radical (unpaired) electrons. The van der Waals surface area contributed by atoms with Crippen LogP contribution in [0.15, 0.2) is 29.2 Å². The molecule has 2 fully saturated rings. The van der Waals surface area contributed by atoms with Crippen molar-refractivity contribution in [1.82, 2.24) is 9.21 Å². The number of hydrogen-bond donors (Lipinski definition) is 0. The van der Waals surface area contributed by atoms with E-state index in [1.807, 2.05) is 0 Å². The van der Waals surface area contributed by atoms with Gasteiger partial charge < -0.3 is 4.90 Å². The van der Waals surface area contributed by atoms with Gasteiger partial charge in [-0.15, -0.1) is 0 Å². The Labute approximate surface area is 191 Å². The first kappa shape index (κ1) is 25.5. The molecular formula is C24H37F3N2O2S. The average molecular weight is 475 g/mol. The van der Waals surface area contributed by atoms with Crippen molar-refractivity contribution in [2.75, 3.05) is 33.2 Å². The maximum atomic E-state index is 12.8. The molecule has 8 heteroatoms. The van der Waals surface area contributed by atoms with Crippen molar-refractivity contribution in [2.45, 2.75) is 75.3 Å². The zero-order chi connectivity index (χ0) is 23.2. The summed E-state index contributed by atoms with van der Waals surface area (Å²) in [6.07, 6.45) is 7.70. The highest BCUT2D eigenvalue weighted by Gasteiger charge is 2.32. The fraction of sp³-hybridized carbons (Fsp3) is 0.750. The van der Waals surface area contributed by atoms with E-state index in [1.165, 1.54) is 69.5 Å². The highest BCUT2D eigenvalue weighted by molar-refractivity contribution is 7.89. The van der Waals surface area contributed by atoms with Crippen LogP contribution in [0, 0.1) is 11.8 Å². The Bertz CT molecular complexity index is 798. The predicted octanol–water partition coefficient (Wildman–Crippen LogP) is 5.79. The van der Waals surface area contributed by atoms with Crippen LogP contribution in [0.5, 0.6) is 0 Å². The third-order valence-electron chi connectivity index (χ3n) is 7.16. The standard InChI is InChI=1S/C24H37F3N2O2S/c1-28(32(30,31)23-14-12-22(13-15-23)24(25,26)27)19-21-10-8-20(9-11-21)7-3-2-4-16-29-17-5-6-18-29/h12-15,20-21H,2-11,16-19H2,1H3. The molecule has 1 aliphatic heterocycles. The van der Waals surface area contributed by atoms with Gasteiger partial charge in [0.2, 0.25) is 10.0 Å². The summed E-state index contributed by atoms with van der Waals surface area (Å²) in [5.41, 5.74) is -0.839. The zero-order valence-corrected chi connectivity index (χ0v) is 19.9. The molecule has 1 aliphatic carbocycles. The minimum atomic E-state index is -4.47. The second-order valence-electron chi connectivity index (χ2n) is 9.59. The summed E-state index contributed by atoms with van der Waals surface area (Å²) in [5.74, 6) is 1.06. The summed E-state index contributed by atoms with van der Waals surface area (Å²) in [7, 11) is -2.25. The molecule has 0 aromatic heterocycles. The van der Waals surface area contributed by atoms with E-state index in [-0.39, 0.29) is 4.90 Å². The number of alkyl halides is 3.